The van der Waals surface area contributed by atoms with Crippen molar-refractivity contribution < 1.29 is 33.7 Å². The third-order valence-corrected chi connectivity index (χ3v) is 5.69. The highest BCUT2D eigenvalue weighted by molar-refractivity contribution is 6.32. The Morgan fingerprint density at radius 3 is 2.36 bits per heavy atom. The summed E-state index contributed by atoms with van der Waals surface area (Å²) in [6.07, 6.45) is -3.89. The van der Waals surface area contributed by atoms with Crippen molar-refractivity contribution in [2.24, 2.45) is 11.3 Å². The second kappa shape index (κ2) is 6.44. The molecule has 0 aromatic heterocycles. The van der Waals surface area contributed by atoms with Gasteiger partial charge in [0.1, 0.15) is 5.75 Å². The fraction of sp³-hybridized carbons (Fsp3) is 0.529. The van der Waals surface area contributed by atoms with E-state index in [0.717, 1.165) is 6.92 Å². The summed E-state index contributed by atoms with van der Waals surface area (Å²) in [6.45, 7) is 2.72. The van der Waals surface area contributed by atoms with Crippen LogP contribution in [0, 0.1) is 18.3 Å². The predicted octanol–water partition coefficient (Wildman–Crippen LogP) is 3.83. The van der Waals surface area contributed by atoms with Crippen molar-refractivity contribution in [1.29, 1.82) is 0 Å². The molecule has 0 radical (unpaired) electrons. The Balaban J connectivity index is 2.65. The summed E-state index contributed by atoms with van der Waals surface area (Å²) in [7, 11) is 0. The number of hydrogen-bond acceptors (Lipinski definition) is 3. The molecule has 3 unspecified atom stereocenters. The SMILES string of the molecule is Cc1cc(Cl)c(C2(C(=O)O)CCC(C(F)F)C(C)(C(=O)O)C2)cc1O. The number of carboxylic acid groups (broad SMARTS) is 2. The first-order valence-electron chi connectivity index (χ1n) is 7.70. The zero-order chi connectivity index (χ0) is 19.2. The van der Waals surface area contributed by atoms with Gasteiger partial charge in [-0.15, -0.1) is 0 Å². The van der Waals surface area contributed by atoms with Gasteiger partial charge in [-0.2, -0.15) is 0 Å². The number of benzene rings is 1. The lowest BCUT2D eigenvalue weighted by molar-refractivity contribution is -0.167. The minimum absolute atomic E-state index is 0.0463. The summed E-state index contributed by atoms with van der Waals surface area (Å²) in [5.41, 5.74) is -3.23. The number of phenolic OH excluding ortho intramolecular Hbond substituents is 1. The van der Waals surface area contributed by atoms with Gasteiger partial charge < -0.3 is 15.3 Å². The van der Waals surface area contributed by atoms with Gasteiger partial charge >= 0.3 is 11.9 Å². The molecule has 1 saturated carbocycles. The molecule has 1 aromatic carbocycles. The Kier molecular flexibility index (Phi) is 5.01. The smallest absolute Gasteiger partial charge is 0.314 e. The number of aromatic hydroxyl groups is 1. The fourth-order valence-electron chi connectivity index (χ4n) is 3.76. The molecule has 1 aromatic rings. The van der Waals surface area contributed by atoms with Crippen LogP contribution in [-0.2, 0) is 15.0 Å². The Morgan fingerprint density at radius 1 is 1.28 bits per heavy atom. The Bertz CT molecular complexity index is 723. The number of carboxylic acids is 2. The van der Waals surface area contributed by atoms with Gasteiger partial charge in [-0.3, -0.25) is 9.59 Å². The monoisotopic (exact) mass is 376 g/mol. The van der Waals surface area contributed by atoms with Crippen molar-refractivity contribution in [3.8, 4) is 5.75 Å². The van der Waals surface area contributed by atoms with Crippen LogP contribution in [0.3, 0.4) is 0 Å². The lowest BCUT2D eigenvalue weighted by Crippen LogP contribution is -2.53. The normalized spacial score (nSPS) is 29.6. The quantitative estimate of drug-likeness (QED) is 0.742. The number of carbonyl (C=O) groups is 2. The highest BCUT2D eigenvalue weighted by atomic mass is 35.5. The van der Waals surface area contributed by atoms with Crippen molar-refractivity contribution in [2.45, 2.75) is 45.0 Å². The predicted molar refractivity (Wildman–Crippen MR) is 86.3 cm³/mol. The minimum Gasteiger partial charge on any atom is -0.508 e. The summed E-state index contributed by atoms with van der Waals surface area (Å²) < 4.78 is 26.7. The molecule has 8 heteroatoms. The summed E-state index contributed by atoms with van der Waals surface area (Å²) in [6, 6.07) is 2.57. The van der Waals surface area contributed by atoms with Crippen LogP contribution in [0.25, 0.3) is 0 Å². The average molecular weight is 377 g/mol. The molecule has 3 N–H and O–H groups in total. The Morgan fingerprint density at radius 2 is 1.88 bits per heavy atom. The number of phenols is 1. The standard InChI is InChI=1S/C17H19ClF2O5/c1-8-5-11(18)10(6-12(8)21)17(15(24)25)4-3-9(13(19)20)16(2,7-17)14(22)23/h5-6,9,13,21H,3-4,7H2,1-2H3,(H,22,23)(H,24,25). The molecule has 25 heavy (non-hydrogen) atoms. The van der Waals surface area contributed by atoms with Crippen molar-refractivity contribution in [3.05, 3.63) is 28.3 Å². The van der Waals surface area contributed by atoms with Crippen LogP contribution in [0.15, 0.2) is 12.1 Å². The van der Waals surface area contributed by atoms with Gasteiger partial charge in [-0.05, 0) is 56.4 Å². The zero-order valence-electron chi connectivity index (χ0n) is 13.7. The van der Waals surface area contributed by atoms with Crippen LogP contribution in [0.5, 0.6) is 5.75 Å². The molecule has 0 heterocycles. The van der Waals surface area contributed by atoms with Gasteiger partial charge in [-0.1, -0.05) is 11.6 Å². The number of rotatable bonds is 4. The first kappa shape index (κ1) is 19.4. The molecular weight excluding hydrogens is 358 g/mol. The van der Waals surface area contributed by atoms with E-state index in [0.29, 0.717) is 5.56 Å². The van der Waals surface area contributed by atoms with Crippen molar-refractivity contribution >= 4 is 23.5 Å². The van der Waals surface area contributed by atoms with Gasteiger partial charge in [-0.25, -0.2) is 8.78 Å². The summed E-state index contributed by atoms with van der Waals surface area (Å²) in [4.78, 5) is 23.8. The summed E-state index contributed by atoms with van der Waals surface area (Å²) >= 11 is 6.17. The fourth-order valence-corrected chi connectivity index (χ4v) is 4.16. The van der Waals surface area contributed by atoms with E-state index >= 15 is 0 Å². The molecule has 5 nitrogen and oxygen atoms in total. The van der Waals surface area contributed by atoms with Crippen LogP contribution in [0.1, 0.15) is 37.3 Å². The maximum Gasteiger partial charge on any atom is 0.314 e. The largest absolute Gasteiger partial charge is 0.508 e. The molecule has 3 atom stereocenters. The summed E-state index contributed by atoms with van der Waals surface area (Å²) in [5, 5.41) is 29.4. The number of hydrogen-bond donors (Lipinski definition) is 3. The number of aliphatic carboxylic acids is 2. The van der Waals surface area contributed by atoms with Gasteiger partial charge in [0.05, 0.1) is 10.8 Å². The molecule has 0 saturated heterocycles. The van der Waals surface area contributed by atoms with Crippen LogP contribution >= 0.6 is 11.6 Å². The average Bonchev–Trinajstić information content (AvgIpc) is 2.49. The van der Waals surface area contributed by atoms with E-state index in [1.165, 1.54) is 12.1 Å². The lowest BCUT2D eigenvalue weighted by atomic mass is 9.55. The first-order valence-corrected chi connectivity index (χ1v) is 8.08. The van der Waals surface area contributed by atoms with E-state index in [4.69, 9.17) is 11.6 Å². The molecule has 1 aliphatic rings. The molecule has 2 rings (SSSR count). The second-order valence-corrected chi connectivity index (χ2v) is 7.29. The highest BCUT2D eigenvalue weighted by Crippen LogP contribution is 2.54. The number of alkyl halides is 2. The van der Waals surface area contributed by atoms with Gasteiger partial charge in [0, 0.05) is 10.9 Å². The number of aryl methyl sites for hydroxylation is 1. The van der Waals surface area contributed by atoms with E-state index in [-0.39, 0.29) is 29.2 Å². The van der Waals surface area contributed by atoms with E-state index in [1.54, 1.807) is 6.92 Å². The van der Waals surface area contributed by atoms with Gasteiger partial charge in [0.25, 0.3) is 0 Å². The van der Waals surface area contributed by atoms with Crippen molar-refractivity contribution in [1.82, 2.24) is 0 Å². The molecular formula is C17H19ClF2O5. The second-order valence-electron chi connectivity index (χ2n) is 6.88. The van der Waals surface area contributed by atoms with Crippen LogP contribution in [0.4, 0.5) is 8.78 Å². The first-order chi connectivity index (χ1) is 11.5. The molecule has 1 aliphatic carbocycles. The van der Waals surface area contributed by atoms with E-state index in [1.807, 2.05) is 0 Å². The maximum absolute atomic E-state index is 13.4. The summed E-state index contributed by atoms with van der Waals surface area (Å²) in [5.74, 6) is -4.48. The zero-order valence-corrected chi connectivity index (χ0v) is 14.5. The lowest BCUT2D eigenvalue weighted by Gasteiger charge is -2.46. The Hall–Kier alpha value is -1.89. The van der Waals surface area contributed by atoms with Gasteiger partial charge in [0.2, 0.25) is 6.43 Å². The Labute approximate surface area is 148 Å². The van der Waals surface area contributed by atoms with E-state index < -0.39 is 41.5 Å². The minimum atomic E-state index is -2.88. The molecule has 0 aliphatic heterocycles. The maximum atomic E-state index is 13.4. The third-order valence-electron chi connectivity index (χ3n) is 5.37. The van der Waals surface area contributed by atoms with Crippen LogP contribution < -0.4 is 0 Å². The van der Waals surface area contributed by atoms with Crippen LogP contribution in [0.2, 0.25) is 5.02 Å². The molecule has 0 bridgehead atoms. The number of halogens is 3. The van der Waals surface area contributed by atoms with Crippen molar-refractivity contribution in [2.75, 3.05) is 0 Å². The topological polar surface area (TPSA) is 94.8 Å². The molecule has 1 fully saturated rings. The van der Waals surface area contributed by atoms with E-state index in [9.17, 15) is 33.7 Å². The highest BCUT2D eigenvalue weighted by Gasteiger charge is 2.58. The van der Waals surface area contributed by atoms with Crippen molar-refractivity contribution in [3.63, 3.8) is 0 Å². The molecule has 0 amide bonds. The van der Waals surface area contributed by atoms with Gasteiger partial charge in [0.15, 0.2) is 0 Å². The van der Waals surface area contributed by atoms with Crippen LogP contribution in [-0.4, -0.2) is 33.7 Å². The van der Waals surface area contributed by atoms with E-state index in [2.05, 4.69) is 0 Å². The third kappa shape index (κ3) is 3.05. The molecule has 0 spiro atoms. The molecule has 138 valence electrons.